The number of hydrogen-bond acceptors (Lipinski definition) is 7. The van der Waals surface area contributed by atoms with Crippen LogP contribution in [0.3, 0.4) is 0 Å². The van der Waals surface area contributed by atoms with E-state index in [4.69, 9.17) is 16.3 Å². The van der Waals surface area contributed by atoms with Crippen LogP contribution in [0, 0.1) is 0 Å². The van der Waals surface area contributed by atoms with Crippen molar-refractivity contribution in [3.05, 3.63) is 60.0 Å². The van der Waals surface area contributed by atoms with Crippen molar-refractivity contribution in [2.24, 2.45) is 0 Å². The maximum Gasteiger partial charge on any atom is 0.227 e. The fourth-order valence-electron chi connectivity index (χ4n) is 3.21. The van der Waals surface area contributed by atoms with E-state index in [1.54, 1.807) is 19.5 Å². The first-order valence-corrected chi connectivity index (χ1v) is 10.1. The van der Waals surface area contributed by atoms with E-state index in [-0.39, 0.29) is 12.6 Å². The fourth-order valence-corrected chi connectivity index (χ4v) is 3.40. The number of fused-ring (bicyclic) bond motifs is 1. The normalized spacial score (nSPS) is 12.0. The third-order valence-corrected chi connectivity index (χ3v) is 5.44. The van der Waals surface area contributed by atoms with Gasteiger partial charge < -0.3 is 20.1 Å². The molecule has 0 saturated heterocycles. The minimum Gasteiger partial charge on any atom is -0.494 e. The number of aliphatic hydroxyl groups excluding tert-OH is 1. The molecule has 4 aromatic rings. The van der Waals surface area contributed by atoms with Gasteiger partial charge in [-0.25, -0.2) is 15.0 Å². The number of nitrogens with one attached hydrogen (secondary N) is 1. The van der Waals surface area contributed by atoms with Crippen LogP contribution in [0.25, 0.3) is 17.0 Å². The third kappa shape index (κ3) is 4.12. The van der Waals surface area contributed by atoms with Gasteiger partial charge in [-0.2, -0.15) is 0 Å². The molecule has 0 saturated carbocycles. The Bertz CT molecular complexity index is 1210. The van der Waals surface area contributed by atoms with Crippen molar-refractivity contribution < 1.29 is 9.84 Å². The highest BCUT2D eigenvalue weighted by Gasteiger charge is 2.15. The van der Waals surface area contributed by atoms with Gasteiger partial charge in [0.1, 0.15) is 17.1 Å². The average Bonchev–Trinajstić information content (AvgIpc) is 3.23. The van der Waals surface area contributed by atoms with Crippen molar-refractivity contribution in [1.29, 1.82) is 0 Å². The van der Waals surface area contributed by atoms with Gasteiger partial charge in [0.15, 0.2) is 0 Å². The van der Waals surface area contributed by atoms with Crippen LogP contribution in [0.5, 0.6) is 5.75 Å². The molecular formula is C22H23ClN6O2. The number of nitrogens with zero attached hydrogens (tertiary/aromatic N) is 5. The summed E-state index contributed by atoms with van der Waals surface area (Å²) in [6.45, 7) is 2.01. The molecule has 0 fully saturated rings. The molecule has 9 heteroatoms. The molecule has 0 amide bonds. The van der Waals surface area contributed by atoms with Gasteiger partial charge in [0.2, 0.25) is 5.95 Å². The minimum atomic E-state index is -0.0175. The first-order valence-electron chi connectivity index (χ1n) is 9.75. The molecule has 0 aliphatic carbocycles. The summed E-state index contributed by atoms with van der Waals surface area (Å²) in [5, 5.41) is 13.1. The van der Waals surface area contributed by atoms with Gasteiger partial charge in [-0.3, -0.25) is 4.40 Å². The van der Waals surface area contributed by atoms with Crippen molar-refractivity contribution in [2.75, 3.05) is 31.0 Å². The summed E-state index contributed by atoms with van der Waals surface area (Å²) in [7, 11) is 3.53. The zero-order valence-corrected chi connectivity index (χ0v) is 18.2. The first-order chi connectivity index (χ1) is 15.0. The predicted octanol–water partition coefficient (Wildman–Crippen LogP) is 4.01. The fraction of sp³-hybridized carbons (Fsp3) is 0.227. The smallest absolute Gasteiger partial charge is 0.227 e. The lowest BCUT2D eigenvalue weighted by molar-refractivity contribution is 0.270. The van der Waals surface area contributed by atoms with E-state index in [2.05, 4.69) is 20.3 Å². The Morgan fingerprint density at radius 3 is 2.84 bits per heavy atom. The predicted molar refractivity (Wildman–Crippen MR) is 122 cm³/mol. The number of anilines is 3. The second kappa shape index (κ2) is 8.79. The van der Waals surface area contributed by atoms with Gasteiger partial charge in [0.25, 0.3) is 0 Å². The van der Waals surface area contributed by atoms with Gasteiger partial charge in [-0.15, -0.1) is 0 Å². The second-order valence-electron chi connectivity index (χ2n) is 7.11. The number of methoxy groups -OCH3 is 1. The SMILES string of the molecule is COc1cc(N(C)[C@@H](C)CO)ccc1Nc1ncc(Cl)c(-c2cnc3ccccn23)n1. The average molecular weight is 439 g/mol. The van der Waals surface area contributed by atoms with Gasteiger partial charge in [0.05, 0.1) is 42.5 Å². The molecular weight excluding hydrogens is 416 g/mol. The summed E-state index contributed by atoms with van der Waals surface area (Å²) in [6.07, 6.45) is 5.21. The number of benzene rings is 1. The molecule has 4 rings (SSSR count). The third-order valence-electron chi connectivity index (χ3n) is 5.17. The van der Waals surface area contributed by atoms with Gasteiger partial charge in [-0.05, 0) is 31.2 Å². The van der Waals surface area contributed by atoms with Crippen LogP contribution in [-0.4, -0.2) is 51.3 Å². The molecule has 31 heavy (non-hydrogen) atoms. The number of aliphatic hydroxyl groups is 1. The quantitative estimate of drug-likeness (QED) is 0.450. The van der Waals surface area contributed by atoms with Crippen molar-refractivity contribution >= 4 is 34.6 Å². The Morgan fingerprint density at radius 1 is 1.23 bits per heavy atom. The summed E-state index contributed by atoms with van der Waals surface area (Å²) in [5.74, 6) is 1.01. The number of hydrogen-bond donors (Lipinski definition) is 2. The van der Waals surface area contributed by atoms with Crippen LogP contribution in [0.4, 0.5) is 17.3 Å². The number of ether oxygens (including phenoxy) is 1. The second-order valence-corrected chi connectivity index (χ2v) is 7.52. The summed E-state index contributed by atoms with van der Waals surface area (Å²) < 4.78 is 7.48. The van der Waals surface area contributed by atoms with E-state index in [0.717, 1.165) is 17.0 Å². The molecule has 0 aliphatic rings. The molecule has 1 aromatic carbocycles. The van der Waals surface area contributed by atoms with Crippen LogP contribution >= 0.6 is 11.6 Å². The number of pyridine rings is 1. The molecule has 2 N–H and O–H groups in total. The van der Waals surface area contributed by atoms with E-state index >= 15 is 0 Å². The van der Waals surface area contributed by atoms with Gasteiger partial charge in [0, 0.05) is 31.0 Å². The lowest BCUT2D eigenvalue weighted by atomic mass is 10.2. The monoisotopic (exact) mass is 438 g/mol. The Balaban J connectivity index is 1.67. The molecule has 3 heterocycles. The summed E-state index contributed by atoms with van der Waals surface area (Å²) in [4.78, 5) is 15.3. The minimum absolute atomic E-state index is 0.0175. The highest BCUT2D eigenvalue weighted by molar-refractivity contribution is 6.32. The lowest BCUT2D eigenvalue weighted by Crippen LogP contribution is -2.31. The number of imidazole rings is 1. The Morgan fingerprint density at radius 2 is 2.06 bits per heavy atom. The molecule has 1 atom stereocenters. The van der Waals surface area contributed by atoms with Crippen LogP contribution < -0.4 is 15.0 Å². The van der Waals surface area contributed by atoms with Crippen LogP contribution in [0.15, 0.2) is 55.0 Å². The Hall–Kier alpha value is -3.36. The maximum atomic E-state index is 9.42. The topological polar surface area (TPSA) is 87.8 Å². The highest BCUT2D eigenvalue weighted by Crippen LogP contribution is 2.33. The first kappa shape index (κ1) is 20.9. The van der Waals surface area contributed by atoms with Crippen molar-refractivity contribution in [3.8, 4) is 17.1 Å². The molecule has 0 unspecified atom stereocenters. The molecule has 0 radical (unpaired) electrons. The van der Waals surface area contributed by atoms with E-state index in [1.165, 1.54) is 0 Å². The van der Waals surface area contributed by atoms with Crippen LogP contribution in [0.1, 0.15) is 6.92 Å². The van der Waals surface area contributed by atoms with Crippen molar-refractivity contribution in [1.82, 2.24) is 19.4 Å². The van der Waals surface area contributed by atoms with Gasteiger partial charge >= 0.3 is 0 Å². The number of halogens is 1. The standard InChI is InChI=1S/C22H23ClN6O2/c1-14(13-30)28(2)15-7-8-17(19(10-15)31-3)26-22-25-11-16(23)21(27-22)18-12-24-20-6-4-5-9-29(18)20/h4-12,14,30H,13H2,1-3H3,(H,25,26,27)/t14-/m0/s1. The van der Waals surface area contributed by atoms with E-state index in [0.29, 0.717) is 28.1 Å². The summed E-state index contributed by atoms with van der Waals surface area (Å²) >= 11 is 6.40. The molecule has 0 bridgehead atoms. The Labute approximate surface area is 185 Å². The molecule has 8 nitrogen and oxygen atoms in total. The van der Waals surface area contributed by atoms with Crippen LogP contribution in [-0.2, 0) is 0 Å². The zero-order chi connectivity index (χ0) is 22.0. The number of likely N-dealkylation sites (N-methyl/N-ethyl adjacent to an activating group) is 1. The molecule has 160 valence electrons. The molecule has 0 spiro atoms. The maximum absolute atomic E-state index is 9.42. The molecule has 0 aliphatic heterocycles. The van der Waals surface area contributed by atoms with Crippen molar-refractivity contribution in [2.45, 2.75) is 13.0 Å². The number of rotatable bonds is 7. The van der Waals surface area contributed by atoms with Crippen LogP contribution in [0.2, 0.25) is 5.02 Å². The Kier molecular flexibility index (Phi) is 5.92. The number of aromatic nitrogens is 4. The van der Waals surface area contributed by atoms with E-state index < -0.39 is 0 Å². The largest absolute Gasteiger partial charge is 0.494 e. The lowest BCUT2D eigenvalue weighted by Gasteiger charge is -2.26. The van der Waals surface area contributed by atoms with Gasteiger partial charge in [-0.1, -0.05) is 17.7 Å². The zero-order valence-electron chi connectivity index (χ0n) is 17.5. The van der Waals surface area contributed by atoms with Crippen molar-refractivity contribution in [3.63, 3.8) is 0 Å². The molecule has 3 aromatic heterocycles. The summed E-state index contributed by atoms with van der Waals surface area (Å²) in [5.41, 5.74) is 3.79. The summed E-state index contributed by atoms with van der Waals surface area (Å²) in [6, 6.07) is 11.5. The highest BCUT2D eigenvalue weighted by atomic mass is 35.5. The van der Waals surface area contributed by atoms with E-state index in [9.17, 15) is 5.11 Å². The van der Waals surface area contributed by atoms with E-state index in [1.807, 2.05) is 65.9 Å².